The van der Waals surface area contributed by atoms with Crippen LogP contribution in [0.25, 0.3) is 0 Å². The minimum absolute atomic E-state index is 0.0286. The number of likely N-dealkylation sites (N-methyl/N-ethyl adjacent to an activating group) is 1. The number of aromatic nitrogens is 2. The molecule has 120 valence electrons. The van der Waals surface area contributed by atoms with Crippen LogP contribution in [0.4, 0.5) is 5.95 Å². The van der Waals surface area contributed by atoms with Gasteiger partial charge in [-0.05, 0) is 12.6 Å². The van der Waals surface area contributed by atoms with Crippen LogP contribution in [0.15, 0.2) is 12.3 Å². The molecule has 1 aromatic rings. The fourth-order valence-corrected chi connectivity index (χ4v) is 2.81. The Labute approximate surface area is 130 Å². The highest BCUT2D eigenvalue weighted by Crippen LogP contribution is 2.13. The molecule has 7 heteroatoms. The van der Waals surface area contributed by atoms with Crippen LogP contribution >= 0.6 is 0 Å². The lowest BCUT2D eigenvalue weighted by Gasteiger charge is -2.34. The quantitative estimate of drug-likeness (QED) is 0.789. The van der Waals surface area contributed by atoms with Gasteiger partial charge in [-0.2, -0.15) is 0 Å². The summed E-state index contributed by atoms with van der Waals surface area (Å²) in [7, 11) is 0. The lowest BCUT2D eigenvalue weighted by molar-refractivity contribution is 0.0299. The summed E-state index contributed by atoms with van der Waals surface area (Å²) >= 11 is 0. The molecule has 1 amide bonds. The van der Waals surface area contributed by atoms with E-state index in [1.54, 1.807) is 17.2 Å². The van der Waals surface area contributed by atoms with Gasteiger partial charge in [-0.3, -0.25) is 4.79 Å². The third-order valence-electron chi connectivity index (χ3n) is 4.26. The third-order valence-corrected chi connectivity index (χ3v) is 4.26. The highest BCUT2D eigenvalue weighted by atomic mass is 16.5. The van der Waals surface area contributed by atoms with Gasteiger partial charge < -0.3 is 19.4 Å². The number of rotatable bonds is 3. The van der Waals surface area contributed by atoms with Gasteiger partial charge in [0.15, 0.2) is 0 Å². The number of anilines is 1. The van der Waals surface area contributed by atoms with Gasteiger partial charge >= 0.3 is 0 Å². The number of morpholine rings is 1. The summed E-state index contributed by atoms with van der Waals surface area (Å²) in [6.45, 7) is 9.55. The number of piperazine rings is 1. The number of hydrogen-bond donors (Lipinski definition) is 0. The van der Waals surface area contributed by atoms with Crippen molar-refractivity contribution in [3.63, 3.8) is 0 Å². The first-order valence-electron chi connectivity index (χ1n) is 7.95. The predicted molar refractivity (Wildman–Crippen MR) is 83.1 cm³/mol. The fourth-order valence-electron chi connectivity index (χ4n) is 2.81. The van der Waals surface area contributed by atoms with Crippen LogP contribution < -0.4 is 4.90 Å². The van der Waals surface area contributed by atoms with Gasteiger partial charge in [0.25, 0.3) is 5.91 Å². The Bertz CT molecular complexity index is 510. The molecular weight excluding hydrogens is 282 g/mol. The Morgan fingerprint density at radius 1 is 1.18 bits per heavy atom. The smallest absolute Gasteiger partial charge is 0.272 e. The number of carbonyl (C=O) groups excluding carboxylic acids is 1. The second kappa shape index (κ2) is 7.02. The molecule has 3 rings (SSSR count). The monoisotopic (exact) mass is 305 g/mol. The Hall–Kier alpha value is -1.73. The molecule has 0 atom stereocenters. The van der Waals surface area contributed by atoms with E-state index < -0.39 is 0 Å². The Morgan fingerprint density at radius 2 is 1.91 bits per heavy atom. The molecule has 0 N–H and O–H groups in total. The third kappa shape index (κ3) is 3.36. The van der Waals surface area contributed by atoms with E-state index in [1.165, 1.54) is 0 Å². The number of carbonyl (C=O) groups is 1. The molecule has 2 fully saturated rings. The van der Waals surface area contributed by atoms with Crippen molar-refractivity contribution < 1.29 is 9.53 Å². The van der Waals surface area contributed by atoms with Crippen molar-refractivity contribution >= 4 is 11.9 Å². The van der Waals surface area contributed by atoms with E-state index in [4.69, 9.17) is 4.74 Å². The van der Waals surface area contributed by atoms with Crippen LogP contribution in [-0.2, 0) is 4.74 Å². The van der Waals surface area contributed by atoms with Gasteiger partial charge in [0.1, 0.15) is 5.69 Å². The number of ether oxygens (including phenoxy) is 1. The van der Waals surface area contributed by atoms with Crippen LogP contribution in [-0.4, -0.2) is 84.7 Å². The minimum atomic E-state index is -0.0286. The van der Waals surface area contributed by atoms with Crippen molar-refractivity contribution in [2.24, 2.45) is 0 Å². The van der Waals surface area contributed by atoms with Gasteiger partial charge in [0, 0.05) is 45.5 Å². The Morgan fingerprint density at radius 3 is 2.59 bits per heavy atom. The van der Waals surface area contributed by atoms with Gasteiger partial charge in [0.2, 0.25) is 5.95 Å². The van der Waals surface area contributed by atoms with Crippen LogP contribution in [0.3, 0.4) is 0 Å². The molecule has 0 saturated carbocycles. The average Bonchev–Trinajstić information content (AvgIpc) is 2.62. The molecule has 2 aliphatic heterocycles. The molecule has 2 saturated heterocycles. The zero-order chi connectivity index (χ0) is 15.4. The molecule has 22 heavy (non-hydrogen) atoms. The maximum atomic E-state index is 12.5. The van der Waals surface area contributed by atoms with E-state index in [2.05, 4.69) is 26.7 Å². The van der Waals surface area contributed by atoms with Crippen LogP contribution in [0.5, 0.6) is 0 Å². The van der Waals surface area contributed by atoms with Crippen LogP contribution in [0, 0.1) is 0 Å². The van der Waals surface area contributed by atoms with Crippen molar-refractivity contribution in [1.82, 2.24) is 19.8 Å². The largest absolute Gasteiger partial charge is 0.378 e. The van der Waals surface area contributed by atoms with Crippen LogP contribution in [0.2, 0.25) is 0 Å². The van der Waals surface area contributed by atoms with Crippen molar-refractivity contribution in [2.45, 2.75) is 6.92 Å². The first kappa shape index (κ1) is 15.2. The highest BCUT2D eigenvalue weighted by Gasteiger charge is 2.22. The average molecular weight is 305 g/mol. The second-order valence-electron chi connectivity index (χ2n) is 5.57. The van der Waals surface area contributed by atoms with Crippen molar-refractivity contribution in [3.8, 4) is 0 Å². The zero-order valence-corrected chi connectivity index (χ0v) is 13.1. The lowest BCUT2D eigenvalue weighted by Crippen LogP contribution is -2.47. The topological polar surface area (TPSA) is 61.8 Å². The van der Waals surface area contributed by atoms with Gasteiger partial charge in [0.05, 0.1) is 13.2 Å². The van der Waals surface area contributed by atoms with Gasteiger partial charge in [-0.1, -0.05) is 6.92 Å². The SMILES string of the molecule is CCN1CCN(c2nccc(C(=O)N3CCOCC3)n2)CC1. The molecular formula is C15H23N5O2. The maximum absolute atomic E-state index is 12.5. The first-order chi connectivity index (χ1) is 10.8. The fraction of sp³-hybridized carbons (Fsp3) is 0.667. The van der Waals surface area contributed by atoms with E-state index in [1.807, 2.05) is 0 Å². The number of amides is 1. The van der Waals surface area contributed by atoms with E-state index >= 15 is 0 Å². The maximum Gasteiger partial charge on any atom is 0.272 e. The molecule has 3 heterocycles. The predicted octanol–water partition coefficient (Wildman–Crippen LogP) is 0.0909. The molecule has 0 aromatic carbocycles. The van der Waals surface area contributed by atoms with Crippen molar-refractivity contribution in [3.05, 3.63) is 18.0 Å². The van der Waals surface area contributed by atoms with E-state index in [0.29, 0.717) is 37.9 Å². The summed E-state index contributed by atoms with van der Waals surface area (Å²) in [5, 5.41) is 0. The van der Waals surface area contributed by atoms with Crippen molar-refractivity contribution in [1.29, 1.82) is 0 Å². The van der Waals surface area contributed by atoms with Crippen molar-refractivity contribution in [2.75, 3.05) is 63.9 Å². The van der Waals surface area contributed by atoms with Crippen LogP contribution in [0.1, 0.15) is 17.4 Å². The Kier molecular flexibility index (Phi) is 4.84. The summed E-state index contributed by atoms with van der Waals surface area (Å²) < 4.78 is 5.29. The second-order valence-corrected chi connectivity index (χ2v) is 5.57. The highest BCUT2D eigenvalue weighted by molar-refractivity contribution is 5.92. The van der Waals surface area contributed by atoms with E-state index in [-0.39, 0.29) is 5.91 Å². The summed E-state index contributed by atoms with van der Waals surface area (Å²) in [5.41, 5.74) is 0.477. The van der Waals surface area contributed by atoms with Gasteiger partial charge in [-0.25, -0.2) is 9.97 Å². The normalized spacial score (nSPS) is 20.2. The van der Waals surface area contributed by atoms with Gasteiger partial charge in [-0.15, -0.1) is 0 Å². The molecule has 2 aliphatic rings. The summed E-state index contributed by atoms with van der Waals surface area (Å²) in [6, 6.07) is 1.70. The molecule has 0 unspecified atom stereocenters. The number of nitrogens with zero attached hydrogens (tertiary/aromatic N) is 5. The Balaban J connectivity index is 1.68. The standard InChI is InChI=1S/C15H23N5O2/c1-2-18-5-7-20(8-6-18)15-16-4-3-13(17-15)14(21)19-9-11-22-12-10-19/h3-4H,2,5-12H2,1H3. The molecule has 0 radical (unpaired) electrons. The molecule has 0 bridgehead atoms. The first-order valence-corrected chi connectivity index (χ1v) is 7.95. The van der Waals surface area contributed by atoms with E-state index in [9.17, 15) is 4.79 Å². The molecule has 0 aliphatic carbocycles. The lowest BCUT2D eigenvalue weighted by atomic mass is 10.3. The molecule has 1 aromatic heterocycles. The molecule has 7 nitrogen and oxygen atoms in total. The summed E-state index contributed by atoms with van der Waals surface area (Å²) in [6.07, 6.45) is 1.68. The summed E-state index contributed by atoms with van der Waals surface area (Å²) in [5.74, 6) is 0.633. The number of hydrogen-bond acceptors (Lipinski definition) is 6. The summed E-state index contributed by atoms with van der Waals surface area (Å²) in [4.78, 5) is 27.7. The minimum Gasteiger partial charge on any atom is -0.378 e. The molecule has 0 spiro atoms. The van der Waals surface area contributed by atoms with E-state index in [0.717, 1.165) is 32.7 Å². The zero-order valence-electron chi connectivity index (χ0n) is 13.1.